The van der Waals surface area contributed by atoms with Gasteiger partial charge in [0.15, 0.2) is 0 Å². The number of hydrogen-bond donors (Lipinski definition) is 2. The van der Waals surface area contributed by atoms with Crippen molar-refractivity contribution in [2.24, 2.45) is 5.73 Å². The predicted octanol–water partition coefficient (Wildman–Crippen LogP) is 1.85. The van der Waals surface area contributed by atoms with Crippen LogP contribution in [0.2, 0.25) is 0 Å². The second kappa shape index (κ2) is 6.04. The smallest absolute Gasteiger partial charge is 0.260 e. The molecule has 0 saturated carbocycles. The van der Waals surface area contributed by atoms with Crippen LogP contribution in [0.1, 0.15) is 27.2 Å². The molecule has 0 unspecified atom stereocenters. The molecule has 2 rings (SSSR count). The van der Waals surface area contributed by atoms with E-state index in [-0.39, 0.29) is 5.91 Å². The maximum absolute atomic E-state index is 12.0. The van der Waals surface area contributed by atoms with E-state index in [1.165, 1.54) is 6.20 Å². The van der Waals surface area contributed by atoms with Gasteiger partial charge in [0.1, 0.15) is 11.3 Å². The van der Waals surface area contributed by atoms with Crippen molar-refractivity contribution >= 4 is 11.6 Å². The lowest BCUT2D eigenvalue weighted by Gasteiger charge is -2.06. The average Bonchev–Trinajstić information content (AvgIpc) is 2.84. The lowest BCUT2D eigenvalue weighted by molar-refractivity contribution is 0.102. The van der Waals surface area contributed by atoms with Gasteiger partial charge >= 0.3 is 0 Å². The number of amides is 1. The summed E-state index contributed by atoms with van der Waals surface area (Å²) in [5.74, 6) is 6.03. The highest BCUT2D eigenvalue weighted by Gasteiger charge is 2.13. The molecule has 0 atom stereocenters. The zero-order valence-corrected chi connectivity index (χ0v) is 11.4. The minimum absolute atomic E-state index is 0.246. The molecule has 0 aliphatic carbocycles. The third-order valence-corrected chi connectivity index (χ3v) is 2.80. The van der Waals surface area contributed by atoms with Crippen molar-refractivity contribution in [3.8, 4) is 11.8 Å². The fourth-order valence-corrected chi connectivity index (χ4v) is 1.74. The SMILES string of the molecule is Cc1cc(NC(=O)c2cnoc2C)ccc1C#CCN. The summed E-state index contributed by atoms with van der Waals surface area (Å²) in [7, 11) is 0. The number of nitrogens with zero attached hydrogens (tertiary/aromatic N) is 1. The zero-order valence-electron chi connectivity index (χ0n) is 11.4. The van der Waals surface area contributed by atoms with E-state index in [0.29, 0.717) is 23.6 Å². The van der Waals surface area contributed by atoms with Crippen molar-refractivity contribution in [2.75, 3.05) is 11.9 Å². The molecule has 20 heavy (non-hydrogen) atoms. The lowest BCUT2D eigenvalue weighted by atomic mass is 10.1. The largest absolute Gasteiger partial charge is 0.361 e. The van der Waals surface area contributed by atoms with Gasteiger partial charge in [-0.2, -0.15) is 0 Å². The van der Waals surface area contributed by atoms with Gasteiger partial charge in [-0.25, -0.2) is 0 Å². The molecule has 0 radical (unpaired) electrons. The lowest BCUT2D eigenvalue weighted by Crippen LogP contribution is -2.12. The number of hydrogen-bond acceptors (Lipinski definition) is 4. The molecule has 0 aliphatic rings. The molecule has 0 spiro atoms. The second-order valence-electron chi connectivity index (χ2n) is 4.29. The normalized spacial score (nSPS) is 9.75. The van der Waals surface area contributed by atoms with Crippen molar-refractivity contribution in [1.29, 1.82) is 0 Å². The molecule has 2 aromatic rings. The Kier molecular flexibility index (Phi) is 4.18. The van der Waals surface area contributed by atoms with Crippen LogP contribution in [0.3, 0.4) is 0 Å². The summed E-state index contributed by atoms with van der Waals surface area (Å²) < 4.78 is 4.87. The Morgan fingerprint density at radius 1 is 1.45 bits per heavy atom. The number of aryl methyl sites for hydroxylation is 2. The molecule has 0 aliphatic heterocycles. The highest BCUT2D eigenvalue weighted by molar-refractivity contribution is 6.04. The summed E-state index contributed by atoms with van der Waals surface area (Å²) in [5.41, 5.74) is 8.35. The number of carbonyl (C=O) groups excluding carboxylic acids is 1. The Labute approximate surface area is 117 Å². The highest BCUT2D eigenvalue weighted by atomic mass is 16.5. The van der Waals surface area contributed by atoms with Gasteiger partial charge in [-0.1, -0.05) is 17.0 Å². The first-order valence-corrected chi connectivity index (χ1v) is 6.14. The van der Waals surface area contributed by atoms with E-state index in [1.807, 2.05) is 19.1 Å². The maximum atomic E-state index is 12.0. The van der Waals surface area contributed by atoms with Crippen LogP contribution in [0.5, 0.6) is 0 Å². The summed E-state index contributed by atoms with van der Waals surface area (Å²) in [6.45, 7) is 3.95. The minimum atomic E-state index is -0.246. The monoisotopic (exact) mass is 269 g/mol. The van der Waals surface area contributed by atoms with E-state index in [1.54, 1.807) is 13.0 Å². The van der Waals surface area contributed by atoms with Crippen molar-refractivity contribution in [3.05, 3.63) is 46.8 Å². The van der Waals surface area contributed by atoms with Gasteiger partial charge in [-0.3, -0.25) is 4.79 Å². The first kappa shape index (κ1) is 13.8. The number of aromatic nitrogens is 1. The molecule has 1 amide bonds. The van der Waals surface area contributed by atoms with Gasteiger partial charge in [-0.15, -0.1) is 0 Å². The van der Waals surface area contributed by atoms with E-state index in [0.717, 1.165) is 11.1 Å². The number of rotatable bonds is 2. The van der Waals surface area contributed by atoms with Gasteiger partial charge in [0.2, 0.25) is 0 Å². The molecule has 0 fully saturated rings. The molecule has 3 N–H and O–H groups in total. The molecule has 1 heterocycles. The van der Waals surface area contributed by atoms with Gasteiger partial charge < -0.3 is 15.6 Å². The third-order valence-electron chi connectivity index (χ3n) is 2.80. The third kappa shape index (κ3) is 3.05. The standard InChI is InChI=1S/C15H15N3O2/c1-10-8-13(6-5-12(10)4-3-7-16)18-15(19)14-9-17-20-11(14)2/h5-6,8-9H,7,16H2,1-2H3,(H,18,19). The molecule has 5 nitrogen and oxygen atoms in total. The summed E-state index contributed by atoms with van der Waals surface area (Å²) >= 11 is 0. The van der Waals surface area contributed by atoms with Crippen LogP contribution < -0.4 is 11.1 Å². The maximum Gasteiger partial charge on any atom is 0.260 e. The Balaban J connectivity index is 2.17. The van der Waals surface area contributed by atoms with Crippen LogP contribution in [-0.4, -0.2) is 17.6 Å². The van der Waals surface area contributed by atoms with Crippen LogP contribution >= 0.6 is 0 Å². The topological polar surface area (TPSA) is 81.2 Å². The molecule has 0 bridgehead atoms. The summed E-state index contributed by atoms with van der Waals surface area (Å²) in [6.07, 6.45) is 1.40. The first-order valence-electron chi connectivity index (χ1n) is 6.14. The predicted molar refractivity (Wildman–Crippen MR) is 76.3 cm³/mol. The first-order chi connectivity index (χ1) is 9.61. The van der Waals surface area contributed by atoms with E-state index in [2.05, 4.69) is 22.3 Å². The molecule has 5 heteroatoms. The summed E-state index contributed by atoms with van der Waals surface area (Å²) in [5, 5.41) is 6.38. The summed E-state index contributed by atoms with van der Waals surface area (Å²) in [4.78, 5) is 12.0. The Morgan fingerprint density at radius 3 is 2.85 bits per heavy atom. The van der Waals surface area contributed by atoms with Crippen molar-refractivity contribution in [1.82, 2.24) is 5.16 Å². The van der Waals surface area contributed by atoms with E-state index < -0.39 is 0 Å². The van der Waals surface area contributed by atoms with Crippen molar-refractivity contribution < 1.29 is 9.32 Å². The molecule has 1 aromatic carbocycles. The molecular formula is C15H15N3O2. The van der Waals surface area contributed by atoms with Crippen LogP contribution in [-0.2, 0) is 0 Å². The van der Waals surface area contributed by atoms with Crippen molar-refractivity contribution in [2.45, 2.75) is 13.8 Å². The van der Waals surface area contributed by atoms with Crippen LogP contribution in [0.15, 0.2) is 28.9 Å². The van der Waals surface area contributed by atoms with Crippen LogP contribution in [0.25, 0.3) is 0 Å². The second-order valence-corrected chi connectivity index (χ2v) is 4.29. The summed E-state index contributed by atoms with van der Waals surface area (Å²) in [6, 6.07) is 5.52. The highest BCUT2D eigenvalue weighted by Crippen LogP contribution is 2.16. The molecular weight excluding hydrogens is 254 g/mol. The number of carbonyl (C=O) groups is 1. The quantitative estimate of drug-likeness (QED) is 0.815. The van der Waals surface area contributed by atoms with Crippen LogP contribution in [0, 0.1) is 25.7 Å². The zero-order chi connectivity index (χ0) is 14.5. The fourth-order valence-electron chi connectivity index (χ4n) is 1.74. The molecule has 102 valence electrons. The van der Waals surface area contributed by atoms with Gasteiger partial charge in [-0.05, 0) is 37.6 Å². The van der Waals surface area contributed by atoms with Crippen LogP contribution in [0.4, 0.5) is 5.69 Å². The Bertz CT molecular complexity index is 693. The number of benzene rings is 1. The Morgan fingerprint density at radius 2 is 2.25 bits per heavy atom. The van der Waals surface area contributed by atoms with Gasteiger partial charge in [0.25, 0.3) is 5.91 Å². The van der Waals surface area contributed by atoms with Crippen molar-refractivity contribution in [3.63, 3.8) is 0 Å². The number of nitrogens with one attached hydrogen (secondary N) is 1. The number of nitrogens with two attached hydrogens (primary N) is 1. The molecule has 0 saturated heterocycles. The van der Waals surface area contributed by atoms with E-state index in [4.69, 9.17) is 10.3 Å². The average molecular weight is 269 g/mol. The number of anilines is 1. The van der Waals surface area contributed by atoms with Gasteiger partial charge in [0.05, 0.1) is 12.7 Å². The fraction of sp³-hybridized carbons (Fsp3) is 0.200. The molecule has 1 aromatic heterocycles. The van der Waals surface area contributed by atoms with Gasteiger partial charge in [0, 0.05) is 11.3 Å². The minimum Gasteiger partial charge on any atom is -0.361 e. The van der Waals surface area contributed by atoms with E-state index >= 15 is 0 Å². The van der Waals surface area contributed by atoms with E-state index in [9.17, 15) is 4.79 Å². The Hall–Kier alpha value is -2.58.